The molecule has 0 unspecified atom stereocenters. The standard InChI is InChI=1S/C27H35ClN2O3/c28-25-9-4-3-8-24(25)27(14-20-32-21-15-27)26(31)29-22-10-12-23(13-11-22)33-19-7-18-30-16-5-1-2-6-17-30/h3-4,8-13H,1-2,5-7,14-21H2,(H,29,31). The number of likely N-dealkylation sites (tertiary alicyclic amines) is 1. The lowest BCUT2D eigenvalue weighted by Crippen LogP contribution is -2.45. The van der Waals surface area contributed by atoms with Crippen molar-refractivity contribution in [3.8, 4) is 5.75 Å². The van der Waals surface area contributed by atoms with E-state index < -0.39 is 5.41 Å². The monoisotopic (exact) mass is 470 g/mol. The smallest absolute Gasteiger partial charge is 0.235 e. The number of hydrogen-bond donors (Lipinski definition) is 1. The zero-order valence-corrected chi connectivity index (χ0v) is 20.1. The molecule has 2 aliphatic rings. The molecule has 1 amide bonds. The van der Waals surface area contributed by atoms with Crippen LogP contribution < -0.4 is 10.1 Å². The minimum Gasteiger partial charge on any atom is -0.494 e. The normalized spacial score (nSPS) is 18.9. The number of hydrogen-bond acceptors (Lipinski definition) is 4. The van der Waals surface area contributed by atoms with Crippen LogP contribution in [-0.2, 0) is 14.9 Å². The Hall–Kier alpha value is -2.08. The molecule has 0 atom stereocenters. The molecule has 2 heterocycles. The van der Waals surface area contributed by atoms with Gasteiger partial charge >= 0.3 is 0 Å². The molecule has 2 aromatic carbocycles. The van der Waals surface area contributed by atoms with Gasteiger partial charge in [0.25, 0.3) is 0 Å². The van der Waals surface area contributed by atoms with Gasteiger partial charge in [-0.1, -0.05) is 42.6 Å². The van der Waals surface area contributed by atoms with Crippen molar-refractivity contribution in [1.82, 2.24) is 4.90 Å². The Morgan fingerprint density at radius 2 is 1.70 bits per heavy atom. The van der Waals surface area contributed by atoms with E-state index in [9.17, 15) is 4.79 Å². The van der Waals surface area contributed by atoms with Crippen molar-refractivity contribution in [3.05, 3.63) is 59.1 Å². The highest BCUT2D eigenvalue weighted by molar-refractivity contribution is 6.31. The third kappa shape index (κ3) is 6.28. The Labute approximate surface area is 202 Å². The van der Waals surface area contributed by atoms with Gasteiger partial charge in [-0.3, -0.25) is 4.79 Å². The number of halogens is 1. The molecule has 0 saturated carbocycles. The Balaban J connectivity index is 1.32. The average molecular weight is 471 g/mol. The molecule has 0 aliphatic carbocycles. The number of nitrogens with one attached hydrogen (secondary N) is 1. The third-order valence-corrected chi connectivity index (χ3v) is 7.20. The summed E-state index contributed by atoms with van der Waals surface area (Å²) >= 11 is 6.49. The number of anilines is 1. The van der Waals surface area contributed by atoms with Gasteiger partial charge in [0.2, 0.25) is 5.91 Å². The van der Waals surface area contributed by atoms with E-state index in [-0.39, 0.29) is 5.91 Å². The summed E-state index contributed by atoms with van der Waals surface area (Å²) in [5, 5.41) is 3.73. The summed E-state index contributed by atoms with van der Waals surface area (Å²) in [4.78, 5) is 16.0. The van der Waals surface area contributed by atoms with Crippen molar-refractivity contribution in [2.24, 2.45) is 0 Å². The number of ether oxygens (including phenoxy) is 2. The van der Waals surface area contributed by atoms with Crippen molar-refractivity contribution < 1.29 is 14.3 Å². The number of nitrogens with zero attached hydrogens (tertiary/aromatic N) is 1. The quantitative estimate of drug-likeness (QED) is 0.505. The second-order valence-electron chi connectivity index (χ2n) is 9.11. The number of carbonyl (C=O) groups is 1. The lowest BCUT2D eigenvalue weighted by atomic mass is 9.73. The van der Waals surface area contributed by atoms with Crippen LogP contribution in [0.5, 0.6) is 5.75 Å². The van der Waals surface area contributed by atoms with Gasteiger partial charge in [0.1, 0.15) is 5.75 Å². The molecule has 0 bridgehead atoms. The Morgan fingerprint density at radius 3 is 2.39 bits per heavy atom. The largest absolute Gasteiger partial charge is 0.494 e. The molecule has 33 heavy (non-hydrogen) atoms. The van der Waals surface area contributed by atoms with Gasteiger partial charge in [0.15, 0.2) is 0 Å². The molecule has 178 valence electrons. The van der Waals surface area contributed by atoms with Gasteiger partial charge in [-0.25, -0.2) is 0 Å². The van der Waals surface area contributed by atoms with Gasteiger partial charge in [0, 0.05) is 30.5 Å². The van der Waals surface area contributed by atoms with Gasteiger partial charge in [-0.2, -0.15) is 0 Å². The minimum atomic E-state index is -0.681. The highest BCUT2D eigenvalue weighted by Crippen LogP contribution is 2.39. The van der Waals surface area contributed by atoms with Crippen molar-refractivity contribution in [2.45, 2.75) is 50.4 Å². The van der Waals surface area contributed by atoms with E-state index in [1.165, 1.54) is 38.8 Å². The molecule has 4 rings (SSSR count). The lowest BCUT2D eigenvalue weighted by molar-refractivity contribution is -0.125. The van der Waals surface area contributed by atoms with Gasteiger partial charge in [0.05, 0.1) is 12.0 Å². The molecule has 0 radical (unpaired) electrons. The SMILES string of the molecule is O=C(Nc1ccc(OCCCN2CCCCCC2)cc1)C1(c2ccccc2Cl)CCOCC1. The first-order valence-electron chi connectivity index (χ1n) is 12.3. The van der Waals surface area contributed by atoms with Crippen LogP contribution in [0.3, 0.4) is 0 Å². The van der Waals surface area contributed by atoms with Crippen molar-refractivity contribution >= 4 is 23.2 Å². The lowest BCUT2D eigenvalue weighted by Gasteiger charge is -2.36. The van der Waals surface area contributed by atoms with Crippen LogP contribution in [-0.4, -0.2) is 50.3 Å². The van der Waals surface area contributed by atoms with Crippen LogP contribution in [0.15, 0.2) is 48.5 Å². The van der Waals surface area contributed by atoms with E-state index in [0.717, 1.165) is 30.0 Å². The van der Waals surface area contributed by atoms with Crippen LogP contribution in [0, 0.1) is 0 Å². The van der Waals surface area contributed by atoms with E-state index in [4.69, 9.17) is 21.1 Å². The maximum atomic E-state index is 13.5. The van der Waals surface area contributed by atoms with E-state index >= 15 is 0 Å². The maximum absolute atomic E-state index is 13.5. The van der Waals surface area contributed by atoms with Gasteiger partial charge in [-0.05, 0) is 81.1 Å². The summed E-state index contributed by atoms with van der Waals surface area (Å²) in [6, 6.07) is 15.3. The third-order valence-electron chi connectivity index (χ3n) is 6.87. The number of amides is 1. The summed E-state index contributed by atoms with van der Waals surface area (Å²) in [5.74, 6) is 0.792. The molecule has 0 aromatic heterocycles. The first-order chi connectivity index (χ1) is 16.2. The predicted molar refractivity (Wildman–Crippen MR) is 133 cm³/mol. The number of benzene rings is 2. The number of rotatable bonds is 8. The van der Waals surface area contributed by atoms with Crippen LogP contribution in [0.1, 0.15) is 50.5 Å². The minimum absolute atomic E-state index is 0.0370. The topological polar surface area (TPSA) is 50.8 Å². The van der Waals surface area contributed by atoms with Gasteiger partial charge in [-0.15, -0.1) is 0 Å². The Morgan fingerprint density at radius 1 is 1.00 bits per heavy atom. The molecule has 2 saturated heterocycles. The predicted octanol–water partition coefficient (Wildman–Crippen LogP) is 5.67. The Kier molecular flexibility index (Phi) is 8.65. The second-order valence-corrected chi connectivity index (χ2v) is 9.52. The summed E-state index contributed by atoms with van der Waals surface area (Å²) in [7, 11) is 0. The van der Waals surface area contributed by atoms with Crippen LogP contribution in [0.4, 0.5) is 5.69 Å². The summed E-state index contributed by atoms with van der Waals surface area (Å²) in [5.41, 5.74) is 0.950. The fraction of sp³-hybridized carbons (Fsp3) is 0.519. The Bertz CT molecular complexity index is 888. The first kappa shape index (κ1) is 24.1. The van der Waals surface area contributed by atoms with E-state index in [1.807, 2.05) is 48.5 Å². The van der Waals surface area contributed by atoms with Gasteiger partial charge < -0.3 is 19.7 Å². The summed E-state index contributed by atoms with van der Waals surface area (Å²) in [6.45, 7) is 5.33. The van der Waals surface area contributed by atoms with Crippen LogP contribution in [0.25, 0.3) is 0 Å². The first-order valence-corrected chi connectivity index (χ1v) is 12.6. The average Bonchev–Trinajstić information content (AvgIpc) is 3.12. The number of carbonyl (C=O) groups excluding carboxylic acids is 1. The molecule has 0 spiro atoms. The van der Waals surface area contributed by atoms with Crippen LogP contribution in [0.2, 0.25) is 5.02 Å². The van der Waals surface area contributed by atoms with E-state index in [1.54, 1.807) is 0 Å². The highest BCUT2D eigenvalue weighted by atomic mass is 35.5. The highest BCUT2D eigenvalue weighted by Gasteiger charge is 2.43. The summed E-state index contributed by atoms with van der Waals surface area (Å²) in [6.07, 6.45) is 7.62. The molecule has 2 aliphatic heterocycles. The molecular weight excluding hydrogens is 436 g/mol. The van der Waals surface area contributed by atoms with Crippen molar-refractivity contribution in [1.29, 1.82) is 0 Å². The molecule has 2 aromatic rings. The second kappa shape index (κ2) is 11.9. The van der Waals surface area contributed by atoms with Crippen LogP contribution >= 0.6 is 11.6 Å². The molecule has 2 fully saturated rings. The van der Waals surface area contributed by atoms with E-state index in [2.05, 4.69) is 10.2 Å². The van der Waals surface area contributed by atoms with E-state index in [0.29, 0.717) is 37.7 Å². The molecule has 1 N–H and O–H groups in total. The van der Waals surface area contributed by atoms with Crippen molar-refractivity contribution in [2.75, 3.05) is 44.8 Å². The zero-order chi connectivity index (χ0) is 22.9. The molecule has 6 heteroatoms. The molecular formula is C27H35ClN2O3. The maximum Gasteiger partial charge on any atom is 0.235 e. The fourth-order valence-electron chi connectivity index (χ4n) is 4.91. The zero-order valence-electron chi connectivity index (χ0n) is 19.4. The van der Waals surface area contributed by atoms with Crippen molar-refractivity contribution in [3.63, 3.8) is 0 Å². The fourth-order valence-corrected chi connectivity index (χ4v) is 5.23. The molecule has 5 nitrogen and oxygen atoms in total. The summed E-state index contributed by atoms with van der Waals surface area (Å²) < 4.78 is 11.5.